The van der Waals surface area contributed by atoms with Crippen molar-refractivity contribution in [2.24, 2.45) is 5.73 Å². The third kappa shape index (κ3) is 6.32. The van der Waals surface area contributed by atoms with Gasteiger partial charge in [-0.15, -0.1) is 0 Å². The lowest BCUT2D eigenvalue weighted by Crippen LogP contribution is -2.53. The summed E-state index contributed by atoms with van der Waals surface area (Å²) >= 11 is 0. The van der Waals surface area contributed by atoms with Crippen LogP contribution in [-0.4, -0.2) is 42.7 Å². The van der Waals surface area contributed by atoms with Crippen LogP contribution in [0.1, 0.15) is 48.0 Å². The van der Waals surface area contributed by atoms with Gasteiger partial charge >= 0.3 is 0 Å². The van der Waals surface area contributed by atoms with E-state index in [2.05, 4.69) is 40.3 Å². The number of aryl methyl sites for hydroxylation is 1. The molecule has 0 aliphatic carbocycles. The molecule has 3 N–H and O–H groups in total. The van der Waals surface area contributed by atoms with E-state index in [4.69, 9.17) is 10.5 Å². The number of nitrogens with zero attached hydrogens (tertiary/aromatic N) is 2. The fraction of sp³-hybridized carbons (Fsp3) is 0.379. The Kier molecular flexibility index (Phi) is 7.62. The van der Waals surface area contributed by atoms with E-state index in [1.54, 1.807) is 6.07 Å². The highest BCUT2D eigenvalue weighted by molar-refractivity contribution is 6.04. The molecule has 1 aliphatic heterocycles. The summed E-state index contributed by atoms with van der Waals surface area (Å²) in [5.74, 6) is -3.60. The number of carbonyl (C=O) groups is 1. The number of rotatable bonds is 8. The van der Waals surface area contributed by atoms with Crippen LogP contribution in [-0.2, 0) is 17.1 Å². The summed E-state index contributed by atoms with van der Waals surface area (Å²) in [6, 6.07) is 14.6. The first-order valence-corrected chi connectivity index (χ1v) is 12.5. The van der Waals surface area contributed by atoms with Crippen LogP contribution in [0.15, 0.2) is 54.7 Å². The number of hydrogen-bond donors (Lipinski definition) is 2. The molecule has 1 aliphatic rings. The molecule has 0 saturated carbocycles. The second-order valence-electron chi connectivity index (χ2n) is 10.1. The molecule has 1 amide bonds. The van der Waals surface area contributed by atoms with Gasteiger partial charge in [0.2, 0.25) is 0 Å². The molecular weight excluding hydrogens is 474 g/mol. The summed E-state index contributed by atoms with van der Waals surface area (Å²) in [7, 11) is 0. The zero-order valence-electron chi connectivity index (χ0n) is 21.8. The number of nitrogens with one attached hydrogen (secondary N) is 1. The van der Waals surface area contributed by atoms with Crippen molar-refractivity contribution in [2.45, 2.75) is 45.6 Å². The van der Waals surface area contributed by atoms with Crippen molar-refractivity contribution in [3.05, 3.63) is 77.1 Å². The lowest BCUT2D eigenvalue weighted by Gasteiger charge is -2.41. The molecular formula is C29H34F2N4O2. The summed E-state index contributed by atoms with van der Waals surface area (Å²) in [5, 5.41) is 2.84. The standard InChI is InChI=1S/C29H34F2N4O2/c1-5-37-13-12-35-18-28(3,32)17-22-8-7-20(14-25(22)35)24-16-23(9-6-19(24)2)34-27(36)21-10-11-33-26(15-21)29(4,30)31/h6-11,14-16H,5,12-13,17-18,32H2,1-4H3,(H,34,36)/t28-/m0/s1. The van der Waals surface area contributed by atoms with Crippen LogP contribution in [0.5, 0.6) is 0 Å². The molecule has 0 saturated heterocycles. The monoisotopic (exact) mass is 508 g/mol. The smallest absolute Gasteiger partial charge is 0.286 e. The Balaban J connectivity index is 1.61. The highest BCUT2D eigenvalue weighted by atomic mass is 19.3. The van der Waals surface area contributed by atoms with Gasteiger partial charge in [0.15, 0.2) is 0 Å². The number of hydrogen-bond acceptors (Lipinski definition) is 5. The molecule has 0 bridgehead atoms. The van der Waals surface area contributed by atoms with Crippen molar-refractivity contribution in [1.29, 1.82) is 0 Å². The second-order valence-corrected chi connectivity index (χ2v) is 10.1. The Morgan fingerprint density at radius 1 is 1.22 bits per heavy atom. The van der Waals surface area contributed by atoms with Crippen LogP contribution in [0, 0.1) is 6.92 Å². The molecule has 4 rings (SSSR count). The third-order valence-electron chi connectivity index (χ3n) is 6.56. The molecule has 6 nitrogen and oxygen atoms in total. The van der Waals surface area contributed by atoms with Gasteiger partial charge in [-0.3, -0.25) is 9.78 Å². The molecule has 2 aromatic carbocycles. The number of halogens is 2. The number of amides is 1. The summed E-state index contributed by atoms with van der Waals surface area (Å²) in [5.41, 5.74) is 11.8. The summed E-state index contributed by atoms with van der Waals surface area (Å²) in [6.07, 6.45) is 2.01. The van der Waals surface area contributed by atoms with E-state index in [1.807, 2.05) is 26.0 Å². The first-order valence-electron chi connectivity index (χ1n) is 12.5. The Morgan fingerprint density at radius 3 is 2.73 bits per heavy atom. The van der Waals surface area contributed by atoms with Gasteiger partial charge in [-0.1, -0.05) is 18.2 Å². The number of ether oxygens (including phenoxy) is 1. The first-order chi connectivity index (χ1) is 17.5. The fourth-order valence-corrected chi connectivity index (χ4v) is 4.73. The van der Waals surface area contributed by atoms with Crippen LogP contribution in [0.2, 0.25) is 0 Å². The van der Waals surface area contributed by atoms with E-state index in [9.17, 15) is 13.6 Å². The van der Waals surface area contributed by atoms with Crippen LogP contribution in [0.3, 0.4) is 0 Å². The lowest BCUT2D eigenvalue weighted by atomic mass is 9.86. The fourth-order valence-electron chi connectivity index (χ4n) is 4.73. The van der Waals surface area contributed by atoms with Gasteiger partial charge in [0.05, 0.1) is 6.61 Å². The third-order valence-corrected chi connectivity index (χ3v) is 6.56. The molecule has 0 unspecified atom stereocenters. The zero-order valence-corrected chi connectivity index (χ0v) is 21.8. The van der Waals surface area contributed by atoms with Gasteiger partial charge in [0.25, 0.3) is 11.8 Å². The number of fused-ring (bicyclic) bond motifs is 1. The summed E-state index contributed by atoms with van der Waals surface area (Å²) < 4.78 is 33.0. The molecule has 1 aromatic heterocycles. The van der Waals surface area contributed by atoms with Crippen LogP contribution in [0.25, 0.3) is 11.1 Å². The topological polar surface area (TPSA) is 80.5 Å². The number of carbonyl (C=O) groups excluding carboxylic acids is 1. The zero-order chi connectivity index (χ0) is 26.8. The molecule has 1 atom stereocenters. The highest BCUT2D eigenvalue weighted by Gasteiger charge is 2.31. The van der Waals surface area contributed by atoms with Crippen LogP contribution < -0.4 is 16.0 Å². The maximum Gasteiger partial charge on any atom is 0.286 e. The van der Waals surface area contributed by atoms with Gasteiger partial charge in [-0.25, -0.2) is 0 Å². The highest BCUT2D eigenvalue weighted by Crippen LogP contribution is 2.36. The van der Waals surface area contributed by atoms with Crippen molar-refractivity contribution in [2.75, 3.05) is 36.5 Å². The lowest BCUT2D eigenvalue weighted by molar-refractivity contribution is 0.0127. The predicted molar refractivity (Wildman–Crippen MR) is 143 cm³/mol. The van der Waals surface area contributed by atoms with Gasteiger partial charge in [0.1, 0.15) is 5.69 Å². The molecule has 2 heterocycles. The molecule has 0 spiro atoms. The molecule has 196 valence electrons. The Hall–Kier alpha value is -3.36. The Morgan fingerprint density at radius 2 is 2.00 bits per heavy atom. The average Bonchev–Trinajstić information content (AvgIpc) is 2.84. The maximum absolute atomic E-state index is 13.7. The van der Waals surface area contributed by atoms with E-state index >= 15 is 0 Å². The van der Waals surface area contributed by atoms with Crippen molar-refractivity contribution >= 4 is 17.3 Å². The second kappa shape index (κ2) is 10.6. The number of pyridine rings is 1. The van der Waals surface area contributed by atoms with Gasteiger partial charge in [-0.05, 0) is 79.8 Å². The van der Waals surface area contributed by atoms with Crippen molar-refractivity contribution in [3.63, 3.8) is 0 Å². The number of anilines is 2. The Bertz CT molecular complexity index is 1290. The molecule has 3 aromatic rings. The minimum atomic E-state index is -3.13. The van der Waals surface area contributed by atoms with Crippen molar-refractivity contribution in [3.8, 4) is 11.1 Å². The van der Waals surface area contributed by atoms with E-state index in [1.165, 1.54) is 17.8 Å². The largest absolute Gasteiger partial charge is 0.380 e. The maximum atomic E-state index is 13.7. The van der Waals surface area contributed by atoms with E-state index in [-0.39, 0.29) is 11.1 Å². The van der Waals surface area contributed by atoms with Gasteiger partial charge < -0.3 is 20.7 Å². The molecule has 37 heavy (non-hydrogen) atoms. The molecule has 0 radical (unpaired) electrons. The minimum Gasteiger partial charge on any atom is -0.380 e. The number of aromatic nitrogens is 1. The van der Waals surface area contributed by atoms with Gasteiger partial charge in [-0.2, -0.15) is 8.78 Å². The molecule has 0 fully saturated rings. The van der Waals surface area contributed by atoms with E-state index in [0.29, 0.717) is 18.9 Å². The minimum absolute atomic E-state index is 0.122. The first kappa shape index (κ1) is 26.7. The summed E-state index contributed by atoms with van der Waals surface area (Å²) in [6.45, 7) is 9.60. The quantitative estimate of drug-likeness (QED) is 0.391. The van der Waals surface area contributed by atoms with Crippen molar-refractivity contribution in [1.82, 2.24) is 4.98 Å². The number of benzene rings is 2. The molecule has 8 heteroatoms. The number of alkyl halides is 2. The van der Waals surface area contributed by atoms with Gasteiger partial charge in [0, 0.05) is 55.3 Å². The SMILES string of the molecule is CCOCCN1C[C@@](C)(N)Cc2ccc(-c3cc(NC(=O)c4ccnc(C(C)(F)F)c4)ccc3C)cc21. The number of nitrogens with two attached hydrogens (primary N) is 1. The van der Waals surface area contributed by atoms with Crippen LogP contribution >= 0.6 is 0 Å². The summed E-state index contributed by atoms with van der Waals surface area (Å²) in [4.78, 5) is 18.8. The Labute approximate surface area is 216 Å². The average molecular weight is 509 g/mol. The van der Waals surface area contributed by atoms with E-state index < -0.39 is 17.5 Å². The van der Waals surface area contributed by atoms with E-state index in [0.717, 1.165) is 54.9 Å². The van der Waals surface area contributed by atoms with Crippen LogP contribution in [0.4, 0.5) is 20.2 Å². The predicted octanol–water partition coefficient (Wildman–Crippen LogP) is 5.54. The van der Waals surface area contributed by atoms with Crippen molar-refractivity contribution < 1.29 is 18.3 Å². The normalized spacial score (nSPS) is 17.4.